The van der Waals surface area contributed by atoms with E-state index in [-0.39, 0.29) is 38.0 Å². The van der Waals surface area contributed by atoms with Crippen LogP contribution in [0.25, 0.3) is 0 Å². The topological polar surface area (TPSA) is 78.9 Å². The first-order valence-corrected chi connectivity index (χ1v) is 21.5. The molecule has 0 saturated heterocycles. The van der Waals surface area contributed by atoms with E-state index in [2.05, 4.69) is 75.5 Å². The highest BCUT2D eigenvalue weighted by molar-refractivity contribution is 5.71. The number of esters is 3. The number of allylic oxidation sites excluding steroid dienone is 18. The van der Waals surface area contributed by atoms with Gasteiger partial charge in [0.05, 0.1) is 0 Å². The average molecular weight is 761 g/mol. The molecule has 0 aliphatic heterocycles. The van der Waals surface area contributed by atoms with Crippen LogP contribution in [-0.2, 0) is 28.6 Å². The van der Waals surface area contributed by atoms with Gasteiger partial charge < -0.3 is 14.2 Å². The Kier molecular flexibility index (Phi) is 39.7. The van der Waals surface area contributed by atoms with Crippen molar-refractivity contribution in [1.29, 1.82) is 0 Å². The van der Waals surface area contributed by atoms with Crippen molar-refractivity contribution in [3.05, 3.63) is 109 Å². The Hall–Kier alpha value is -3.93. The van der Waals surface area contributed by atoms with Crippen molar-refractivity contribution in [3.63, 3.8) is 0 Å². The molecule has 1 unspecified atom stereocenters. The van der Waals surface area contributed by atoms with E-state index in [0.29, 0.717) is 19.3 Å². The van der Waals surface area contributed by atoms with Crippen LogP contribution in [0.4, 0.5) is 0 Å². The molecule has 0 amide bonds. The van der Waals surface area contributed by atoms with Gasteiger partial charge in [-0.1, -0.05) is 182 Å². The Labute approximate surface area is 336 Å². The third-order valence-corrected chi connectivity index (χ3v) is 8.43. The third-order valence-electron chi connectivity index (χ3n) is 8.43. The van der Waals surface area contributed by atoms with Crippen molar-refractivity contribution in [3.8, 4) is 0 Å². The normalized spacial score (nSPS) is 13.1. The fourth-order valence-corrected chi connectivity index (χ4v) is 5.24. The second-order valence-electron chi connectivity index (χ2n) is 13.7. The fraction of sp³-hybridized carbons (Fsp3) is 0.571. The van der Waals surface area contributed by atoms with Gasteiger partial charge in [-0.25, -0.2) is 0 Å². The lowest BCUT2D eigenvalue weighted by molar-refractivity contribution is -0.167. The van der Waals surface area contributed by atoms with Crippen molar-refractivity contribution in [2.75, 3.05) is 13.2 Å². The maximum atomic E-state index is 12.7. The monoisotopic (exact) mass is 761 g/mol. The molecule has 0 rings (SSSR count). The molecular formula is C49H76O6. The second kappa shape index (κ2) is 42.8. The van der Waals surface area contributed by atoms with Gasteiger partial charge in [-0.2, -0.15) is 0 Å². The van der Waals surface area contributed by atoms with E-state index in [1.165, 1.54) is 44.9 Å². The summed E-state index contributed by atoms with van der Waals surface area (Å²) in [7, 11) is 0. The molecule has 0 aromatic rings. The van der Waals surface area contributed by atoms with Gasteiger partial charge >= 0.3 is 17.9 Å². The van der Waals surface area contributed by atoms with Gasteiger partial charge in [0, 0.05) is 19.3 Å². The van der Waals surface area contributed by atoms with Crippen LogP contribution in [0.3, 0.4) is 0 Å². The highest BCUT2D eigenvalue weighted by Gasteiger charge is 2.19. The van der Waals surface area contributed by atoms with E-state index in [0.717, 1.165) is 64.2 Å². The summed E-state index contributed by atoms with van der Waals surface area (Å²) in [5.41, 5.74) is 0. The molecule has 0 N–H and O–H groups in total. The van der Waals surface area contributed by atoms with Crippen LogP contribution in [0.15, 0.2) is 109 Å². The zero-order chi connectivity index (χ0) is 40.1. The summed E-state index contributed by atoms with van der Waals surface area (Å²) in [5, 5.41) is 0. The summed E-state index contributed by atoms with van der Waals surface area (Å²) in [6, 6.07) is 0. The van der Waals surface area contributed by atoms with E-state index in [1.807, 2.05) is 54.7 Å². The lowest BCUT2D eigenvalue weighted by Gasteiger charge is -2.18. The Morgan fingerprint density at radius 2 is 0.745 bits per heavy atom. The molecule has 0 heterocycles. The zero-order valence-electron chi connectivity index (χ0n) is 34.9. The van der Waals surface area contributed by atoms with Gasteiger partial charge in [0.1, 0.15) is 13.2 Å². The Balaban J connectivity index is 4.55. The van der Waals surface area contributed by atoms with E-state index >= 15 is 0 Å². The summed E-state index contributed by atoms with van der Waals surface area (Å²) in [5.74, 6) is -1.06. The van der Waals surface area contributed by atoms with Gasteiger partial charge in [0.25, 0.3) is 0 Å². The molecule has 0 saturated carbocycles. The van der Waals surface area contributed by atoms with Crippen LogP contribution in [0.1, 0.15) is 162 Å². The van der Waals surface area contributed by atoms with Gasteiger partial charge in [0.15, 0.2) is 6.10 Å². The molecule has 0 radical (unpaired) electrons. The van der Waals surface area contributed by atoms with Crippen LogP contribution >= 0.6 is 0 Å². The first kappa shape index (κ1) is 51.1. The Morgan fingerprint density at radius 3 is 1.25 bits per heavy atom. The summed E-state index contributed by atoms with van der Waals surface area (Å²) in [6.45, 7) is 6.19. The van der Waals surface area contributed by atoms with E-state index in [9.17, 15) is 14.4 Å². The largest absolute Gasteiger partial charge is 0.462 e. The molecule has 0 fully saturated rings. The van der Waals surface area contributed by atoms with Crippen LogP contribution in [0, 0.1) is 0 Å². The van der Waals surface area contributed by atoms with Crippen molar-refractivity contribution >= 4 is 17.9 Å². The number of rotatable bonds is 36. The first-order chi connectivity index (χ1) is 27.0. The third kappa shape index (κ3) is 41.1. The molecule has 0 aliphatic rings. The molecule has 308 valence electrons. The second-order valence-corrected chi connectivity index (χ2v) is 13.7. The Bertz CT molecular complexity index is 1200. The molecule has 1 atom stereocenters. The number of ether oxygens (including phenoxy) is 3. The zero-order valence-corrected chi connectivity index (χ0v) is 34.9. The predicted octanol–water partition coefficient (Wildman–Crippen LogP) is 13.6. The maximum Gasteiger partial charge on any atom is 0.306 e. The lowest BCUT2D eigenvalue weighted by atomic mass is 10.1. The van der Waals surface area contributed by atoms with Crippen LogP contribution in [0.5, 0.6) is 0 Å². The smallest absolute Gasteiger partial charge is 0.306 e. The standard InChI is InChI=1S/C49H76O6/c1-4-7-10-13-16-19-21-23-24-26-27-30-33-36-39-42-48(51)54-45-46(44-53-47(50)41-38-35-32-29-18-15-12-9-6-3)55-49(52)43-40-37-34-31-28-25-22-20-17-14-11-8-5-2/h7-8,10-11,13-14,16-17,19-22,25,28-29,31-32,34,46H,4-6,9,12,15,18,23-24,26-27,30,33,35-45H2,1-3H3/b10-7-,11-8-,16-13-,17-14-,21-19-,22-20-,28-25-,32-29-,34-31-. The van der Waals surface area contributed by atoms with Crippen molar-refractivity contribution in [2.45, 2.75) is 168 Å². The summed E-state index contributed by atoms with van der Waals surface area (Å²) < 4.78 is 16.5. The average Bonchev–Trinajstić information content (AvgIpc) is 3.18. The molecular weight excluding hydrogens is 685 g/mol. The maximum absolute atomic E-state index is 12.7. The van der Waals surface area contributed by atoms with Crippen molar-refractivity contribution in [1.82, 2.24) is 0 Å². The van der Waals surface area contributed by atoms with E-state index in [1.54, 1.807) is 0 Å². The number of hydrogen-bond donors (Lipinski definition) is 0. The number of hydrogen-bond acceptors (Lipinski definition) is 6. The van der Waals surface area contributed by atoms with Crippen molar-refractivity contribution in [2.24, 2.45) is 0 Å². The van der Waals surface area contributed by atoms with Crippen molar-refractivity contribution < 1.29 is 28.6 Å². The minimum absolute atomic E-state index is 0.124. The molecule has 6 heteroatoms. The van der Waals surface area contributed by atoms with Gasteiger partial charge in [-0.05, 0) is 70.6 Å². The first-order valence-electron chi connectivity index (χ1n) is 21.5. The lowest BCUT2D eigenvalue weighted by Crippen LogP contribution is -2.30. The molecule has 0 aromatic carbocycles. The number of unbranched alkanes of at least 4 members (excludes halogenated alkanes) is 13. The van der Waals surface area contributed by atoms with Gasteiger partial charge in [-0.3, -0.25) is 14.4 Å². The summed E-state index contributed by atoms with van der Waals surface area (Å²) in [4.78, 5) is 37.6. The molecule has 6 nitrogen and oxygen atoms in total. The highest BCUT2D eigenvalue weighted by Crippen LogP contribution is 2.12. The van der Waals surface area contributed by atoms with Gasteiger partial charge in [0.2, 0.25) is 0 Å². The molecule has 0 aromatic heterocycles. The van der Waals surface area contributed by atoms with Crippen LogP contribution in [-0.4, -0.2) is 37.2 Å². The summed E-state index contributed by atoms with van der Waals surface area (Å²) >= 11 is 0. The minimum atomic E-state index is -0.830. The molecule has 0 aliphatic carbocycles. The quantitative estimate of drug-likeness (QED) is 0.0208. The van der Waals surface area contributed by atoms with Gasteiger partial charge in [-0.15, -0.1) is 0 Å². The molecule has 0 spiro atoms. The highest BCUT2D eigenvalue weighted by atomic mass is 16.6. The fourth-order valence-electron chi connectivity index (χ4n) is 5.24. The molecule has 55 heavy (non-hydrogen) atoms. The SMILES string of the molecule is CC\C=C/C=C\C=C/C=C\C=C/CCCC(=O)OC(COC(=O)CCC/C=C\CCCCCC)COC(=O)CCCCCCCCC\C=C/C=C\C=C/CC. The Morgan fingerprint density at radius 1 is 0.382 bits per heavy atom. The van der Waals surface area contributed by atoms with Crippen LogP contribution < -0.4 is 0 Å². The minimum Gasteiger partial charge on any atom is -0.462 e. The number of carbonyl (C=O) groups excluding carboxylic acids is 3. The number of carbonyl (C=O) groups is 3. The van der Waals surface area contributed by atoms with E-state index < -0.39 is 12.1 Å². The summed E-state index contributed by atoms with van der Waals surface area (Å²) in [6.07, 6.45) is 56.6. The molecule has 0 bridgehead atoms. The van der Waals surface area contributed by atoms with Crippen LogP contribution in [0.2, 0.25) is 0 Å². The van der Waals surface area contributed by atoms with E-state index in [4.69, 9.17) is 14.2 Å². The predicted molar refractivity (Wildman–Crippen MR) is 233 cm³/mol.